The third-order valence-corrected chi connectivity index (χ3v) is 8.57. The van der Waals surface area contributed by atoms with Crippen LogP contribution in [0, 0.1) is 0 Å². The van der Waals surface area contributed by atoms with Crippen molar-refractivity contribution in [3.05, 3.63) is 15.9 Å². The van der Waals surface area contributed by atoms with Gasteiger partial charge in [0.05, 0.1) is 6.26 Å². The van der Waals surface area contributed by atoms with E-state index in [9.17, 15) is 16.8 Å². The first-order valence-electron chi connectivity index (χ1n) is 6.41. The molecule has 1 aliphatic rings. The van der Waals surface area contributed by atoms with Crippen molar-refractivity contribution in [3.8, 4) is 0 Å². The van der Waals surface area contributed by atoms with Gasteiger partial charge in [-0.3, -0.25) is 0 Å². The molecule has 0 radical (unpaired) electrons. The summed E-state index contributed by atoms with van der Waals surface area (Å²) in [6.07, 6.45) is 3.42. The Hall–Kier alpha value is -0.000000000000000111. The first-order chi connectivity index (χ1) is 9.72. The Labute approximate surface area is 137 Å². The van der Waals surface area contributed by atoms with E-state index in [-0.39, 0.29) is 16.8 Å². The molecular weight excluding hydrogens is 400 g/mol. The van der Waals surface area contributed by atoms with E-state index >= 15 is 0 Å². The summed E-state index contributed by atoms with van der Waals surface area (Å²) in [6.45, 7) is 0.532. The fourth-order valence-corrected chi connectivity index (χ4v) is 6.93. The molecular formula is C11H17BrN2O4S3. The molecule has 0 aliphatic carbocycles. The molecule has 0 spiro atoms. The molecule has 0 amide bonds. The lowest BCUT2D eigenvalue weighted by molar-refractivity contribution is 0.253. The molecule has 1 N–H and O–H groups in total. The maximum atomic E-state index is 12.7. The van der Waals surface area contributed by atoms with Gasteiger partial charge >= 0.3 is 0 Å². The number of thiophene rings is 1. The number of nitrogens with zero attached hydrogens (tertiary/aromatic N) is 1. The molecule has 10 heteroatoms. The van der Waals surface area contributed by atoms with Gasteiger partial charge in [0.2, 0.25) is 10.0 Å². The van der Waals surface area contributed by atoms with Gasteiger partial charge in [-0.25, -0.2) is 21.6 Å². The molecule has 0 saturated carbocycles. The topological polar surface area (TPSA) is 83.6 Å². The molecule has 1 saturated heterocycles. The van der Waals surface area contributed by atoms with Gasteiger partial charge in [0.15, 0.2) is 0 Å². The second-order valence-electron chi connectivity index (χ2n) is 4.94. The quantitative estimate of drug-likeness (QED) is 0.789. The van der Waals surface area contributed by atoms with Crippen LogP contribution in [0.15, 0.2) is 20.1 Å². The van der Waals surface area contributed by atoms with Crippen LogP contribution >= 0.6 is 27.3 Å². The fraction of sp³-hybridized carbons (Fsp3) is 0.636. The maximum absolute atomic E-state index is 12.7. The van der Waals surface area contributed by atoms with E-state index in [1.807, 2.05) is 0 Å². The van der Waals surface area contributed by atoms with Gasteiger partial charge in [0.25, 0.3) is 10.0 Å². The first kappa shape index (κ1) is 17.4. The lowest BCUT2D eigenvalue weighted by Crippen LogP contribution is -2.49. The van der Waals surface area contributed by atoms with Crippen LogP contribution in [0.1, 0.15) is 19.3 Å². The normalized spacial score (nSPS) is 21.5. The largest absolute Gasteiger partial charge is 0.253 e. The molecule has 0 bridgehead atoms. The number of nitrogens with one attached hydrogen (secondary N) is 1. The maximum Gasteiger partial charge on any atom is 0.253 e. The SMILES string of the molecule is CS(=O)(=O)NCC1CCCCN1S(=O)(=O)c1sccc1Br. The Bertz CT molecular complexity index is 699. The van der Waals surface area contributed by atoms with Gasteiger partial charge < -0.3 is 0 Å². The van der Waals surface area contributed by atoms with Crippen LogP contribution in [-0.4, -0.2) is 46.5 Å². The highest BCUT2D eigenvalue weighted by molar-refractivity contribution is 9.10. The minimum atomic E-state index is -3.60. The average Bonchev–Trinajstić information content (AvgIpc) is 2.83. The van der Waals surface area contributed by atoms with Gasteiger partial charge in [-0.15, -0.1) is 11.3 Å². The van der Waals surface area contributed by atoms with E-state index in [2.05, 4.69) is 20.7 Å². The third-order valence-electron chi connectivity index (χ3n) is 3.28. The van der Waals surface area contributed by atoms with Gasteiger partial charge in [-0.05, 0) is 40.2 Å². The minimum absolute atomic E-state index is 0.112. The number of piperidine rings is 1. The summed E-state index contributed by atoms with van der Waals surface area (Å²) in [5, 5.41) is 1.71. The Morgan fingerprint density at radius 2 is 2.10 bits per heavy atom. The number of hydrogen-bond donors (Lipinski definition) is 1. The number of hydrogen-bond acceptors (Lipinski definition) is 5. The summed E-state index contributed by atoms with van der Waals surface area (Å²) in [6, 6.07) is 1.36. The van der Waals surface area contributed by atoms with E-state index in [0.29, 0.717) is 17.4 Å². The van der Waals surface area contributed by atoms with Crippen molar-refractivity contribution in [1.82, 2.24) is 9.03 Å². The number of halogens is 1. The predicted octanol–water partition coefficient (Wildman–Crippen LogP) is 1.60. The second kappa shape index (κ2) is 6.63. The summed E-state index contributed by atoms with van der Waals surface area (Å²) in [5.41, 5.74) is 0. The summed E-state index contributed by atoms with van der Waals surface area (Å²) in [4.78, 5) is 0. The van der Waals surface area contributed by atoms with Crippen LogP contribution in [0.25, 0.3) is 0 Å². The lowest BCUT2D eigenvalue weighted by Gasteiger charge is -2.34. The van der Waals surface area contributed by atoms with Crippen LogP contribution < -0.4 is 4.72 Å². The Kier molecular flexibility index (Phi) is 5.48. The smallest absolute Gasteiger partial charge is 0.214 e. The zero-order chi connectivity index (χ0) is 15.7. The van der Waals surface area contributed by atoms with Crippen molar-refractivity contribution < 1.29 is 16.8 Å². The molecule has 2 rings (SSSR count). The predicted molar refractivity (Wildman–Crippen MR) is 86.4 cm³/mol. The Morgan fingerprint density at radius 3 is 2.67 bits per heavy atom. The van der Waals surface area contributed by atoms with Crippen molar-refractivity contribution in [3.63, 3.8) is 0 Å². The van der Waals surface area contributed by atoms with Crippen LogP contribution in [-0.2, 0) is 20.0 Å². The highest BCUT2D eigenvalue weighted by Gasteiger charge is 2.35. The van der Waals surface area contributed by atoms with E-state index in [4.69, 9.17) is 0 Å². The molecule has 120 valence electrons. The van der Waals surface area contributed by atoms with E-state index in [0.717, 1.165) is 30.4 Å². The molecule has 21 heavy (non-hydrogen) atoms. The van der Waals surface area contributed by atoms with Crippen molar-refractivity contribution in [2.45, 2.75) is 29.5 Å². The third kappa shape index (κ3) is 4.26. The summed E-state index contributed by atoms with van der Waals surface area (Å²) in [7, 11) is -6.93. The summed E-state index contributed by atoms with van der Waals surface area (Å²) >= 11 is 4.41. The fourth-order valence-electron chi connectivity index (χ4n) is 2.31. The summed E-state index contributed by atoms with van der Waals surface area (Å²) < 4.78 is 52.6. The highest BCUT2D eigenvalue weighted by Crippen LogP contribution is 2.33. The van der Waals surface area contributed by atoms with Crippen LogP contribution in [0.4, 0.5) is 0 Å². The molecule has 1 aliphatic heterocycles. The molecule has 1 aromatic heterocycles. The zero-order valence-corrected chi connectivity index (χ0v) is 15.5. The van der Waals surface area contributed by atoms with Gasteiger partial charge in [-0.1, -0.05) is 6.42 Å². The van der Waals surface area contributed by atoms with Crippen LogP contribution in [0.5, 0.6) is 0 Å². The average molecular weight is 417 g/mol. The Balaban J connectivity index is 2.24. The van der Waals surface area contributed by atoms with Crippen molar-refractivity contribution in [1.29, 1.82) is 0 Å². The molecule has 1 aromatic rings. The minimum Gasteiger partial charge on any atom is -0.214 e. The van der Waals surface area contributed by atoms with Gasteiger partial charge in [0, 0.05) is 23.6 Å². The number of rotatable bonds is 5. The molecule has 2 heterocycles. The standard InChI is InChI=1S/C11H17BrN2O4S3/c1-20(15,16)13-8-9-4-2-3-6-14(9)21(17,18)11-10(12)5-7-19-11/h5,7,9,13H,2-4,6,8H2,1H3. The van der Waals surface area contributed by atoms with E-state index < -0.39 is 20.0 Å². The molecule has 0 aromatic carbocycles. The van der Waals surface area contributed by atoms with Crippen LogP contribution in [0.3, 0.4) is 0 Å². The summed E-state index contributed by atoms with van der Waals surface area (Å²) in [5.74, 6) is 0. The van der Waals surface area contributed by atoms with Crippen LogP contribution in [0.2, 0.25) is 0 Å². The highest BCUT2D eigenvalue weighted by atomic mass is 79.9. The van der Waals surface area contributed by atoms with Crippen molar-refractivity contribution in [2.24, 2.45) is 0 Å². The van der Waals surface area contributed by atoms with Gasteiger partial charge in [-0.2, -0.15) is 4.31 Å². The lowest BCUT2D eigenvalue weighted by atomic mass is 10.1. The monoisotopic (exact) mass is 416 g/mol. The van der Waals surface area contributed by atoms with E-state index in [1.54, 1.807) is 11.4 Å². The molecule has 1 atom stereocenters. The van der Waals surface area contributed by atoms with Gasteiger partial charge in [0.1, 0.15) is 4.21 Å². The Morgan fingerprint density at radius 1 is 1.38 bits per heavy atom. The molecule has 6 nitrogen and oxygen atoms in total. The van der Waals surface area contributed by atoms with Crippen molar-refractivity contribution >= 4 is 47.3 Å². The molecule has 1 unspecified atom stereocenters. The first-order valence-corrected chi connectivity index (χ1v) is 11.4. The zero-order valence-electron chi connectivity index (χ0n) is 11.5. The van der Waals surface area contributed by atoms with Crippen molar-refractivity contribution in [2.75, 3.05) is 19.3 Å². The van der Waals surface area contributed by atoms with E-state index in [1.165, 1.54) is 4.31 Å². The second-order valence-corrected chi connectivity index (χ2v) is 10.6. The molecule has 1 fully saturated rings. The number of sulfonamides is 2.